The van der Waals surface area contributed by atoms with Crippen LogP contribution in [-0.4, -0.2) is 40.8 Å². The number of ether oxygens (including phenoxy) is 3. The number of carbonyl (C=O) groups excluding carboxylic acids is 1. The number of halogens is 4. The third kappa shape index (κ3) is 6.31. The van der Waals surface area contributed by atoms with Crippen molar-refractivity contribution in [3.05, 3.63) is 100 Å². The number of anilines is 1. The monoisotopic (exact) mass is 608 g/mol. The number of methoxy groups -OCH3 is 2. The fourth-order valence-electron chi connectivity index (χ4n) is 4.55. The highest BCUT2D eigenvalue weighted by molar-refractivity contribution is 6.04. The standard InChI is InChI=1S/C31H24F4N4O5/c1-17-26(18-4-6-19(32)7-5-18)28(40)22(15-39(17)16-31(33,34)35)29(41)37-20-8-10-21(11-9-20)44-24-12-13-36-23-14-25(42-2)30(43-3)38-27(23)24/h4-15H,16H2,1-3H3,(H,37,41). The number of hydrogen-bond donors (Lipinski definition) is 1. The van der Waals surface area contributed by atoms with Gasteiger partial charge < -0.3 is 24.1 Å². The van der Waals surface area contributed by atoms with Crippen molar-refractivity contribution in [2.75, 3.05) is 19.5 Å². The summed E-state index contributed by atoms with van der Waals surface area (Å²) in [6.45, 7) is -0.100. The Labute approximate surface area is 247 Å². The topological polar surface area (TPSA) is 105 Å². The third-order valence-electron chi connectivity index (χ3n) is 6.64. The summed E-state index contributed by atoms with van der Waals surface area (Å²) in [7, 11) is 2.93. The molecule has 0 unspecified atom stereocenters. The molecule has 1 amide bonds. The summed E-state index contributed by atoms with van der Waals surface area (Å²) < 4.78 is 70.9. The van der Waals surface area contributed by atoms with Gasteiger partial charge in [0.25, 0.3) is 11.8 Å². The Kier molecular flexibility index (Phi) is 8.21. The van der Waals surface area contributed by atoms with E-state index in [1.54, 1.807) is 24.3 Å². The molecule has 0 fully saturated rings. The van der Waals surface area contributed by atoms with Crippen LogP contribution in [0.5, 0.6) is 23.1 Å². The van der Waals surface area contributed by atoms with Crippen molar-refractivity contribution in [3.8, 4) is 34.3 Å². The summed E-state index contributed by atoms with van der Waals surface area (Å²) in [4.78, 5) is 35.3. The van der Waals surface area contributed by atoms with Crippen LogP contribution in [0.2, 0.25) is 0 Å². The van der Waals surface area contributed by atoms with Crippen LogP contribution in [0.3, 0.4) is 0 Å². The molecule has 0 saturated carbocycles. The largest absolute Gasteiger partial charge is 0.491 e. The molecule has 0 saturated heterocycles. The number of nitrogens with one attached hydrogen (secondary N) is 1. The predicted octanol–water partition coefficient (Wildman–Crippen LogP) is 6.53. The summed E-state index contributed by atoms with van der Waals surface area (Å²) in [6.07, 6.45) is -2.22. The average Bonchev–Trinajstić information content (AvgIpc) is 2.99. The van der Waals surface area contributed by atoms with E-state index in [0.29, 0.717) is 28.3 Å². The highest BCUT2D eigenvalue weighted by Crippen LogP contribution is 2.34. The first-order valence-corrected chi connectivity index (χ1v) is 13.0. The molecule has 0 bridgehead atoms. The van der Waals surface area contributed by atoms with Gasteiger partial charge in [-0.15, -0.1) is 0 Å². The van der Waals surface area contributed by atoms with Gasteiger partial charge in [-0.05, 0) is 48.9 Å². The van der Waals surface area contributed by atoms with Gasteiger partial charge in [-0.25, -0.2) is 9.37 Å². The number of nitrogens with zero attached hydrogens (tertiary/aromatic N) is 3. The molecule has 2 aromatic carbocycles. The first kappa shape index (κ1) is 30.0. The number of fused-ring (bicyclic) bond motifs is 1. The summed E-state index contributed by atoms with van der Waals surface area (Å²) in [5.74, 6) is -0.137. The fraction of sp³-hybridized carbons (Fsp3) is 0.161. The molecule has 0 atom stereocenters. The molecule has 1 N–H and O–H groups in total. The van der Waals surface area contributed by atoms with Crippen molar-refractivity contribution in [3.63, 3.8) is 0 Å². The molecule has 0 spiro atoms. The van der Waals surface area contributed by atoms with E-state index in [-0.39, 0.29) is 28.4 Å². The van der Waals surface area contributed by atoms with Gasteiger partial charge in [0.1, 0.15) is 29.2 Å². The lowest BCUT2D eigenvalue weighted by Gasteiger charge is -2.18. The summed E-state index contributed by atoms with van der Waals surface area (Å²) in [5, 5.41) is 2.54. The van der Waals surface area contributed by atoms with Crippen molar-refractivity contribution in [2.24, 2.45) is 0 Å². The Balaban J connectivity index is 1.43. The lowest BCUT2D eigenvalue weighted by molar-refractivity contribution is -0.141. The van der Waals surface area contributed by atoms with Crippen LogP contribution in [0.4, 0.5) is 23.2 Å². The molecule has 44 heavy (non-hydrogen) atoms. The molecule has 9 nitrogen and oxygen atoms in total. The van der Waals surface area contributed by atoms with Gasteiger partial charge in [0.05, 0.1) is 19.7 Å². The molecule has 5 rings (SSSR count). The highest BCUT2D eigenvalue weighted by atomic mass is 19.4. The third-order valence-corrected chi connectivity index (χ3v) is 6.64. The van der Waals surface area contributed by atoms with Gasteiger partial charge in [0.15, 0.2) is 11.5 Å². The van der Waals surface area contributed by atoms with E-state index in [9.17, 15) is 27.2 Å². The second-order valence-electron chi connectivity index (χ2n) is 9.54. The molecule has 0 aliphatic carbocycles. The predicted molar refractivity (Wildman–Crippen MR) is 154 cm³/mol. The van der Waals surface area contributed by atoms with E-state index >= 15 is 0 Å². The minimum Gasteiger partial charge on any atom is -0.491 e. The Bertz CT molecular complexity index is 1910. The zero-order chi connectivity index (χ0) is 31.6. The zero-order valence-electron chi connectivity index (χ0n) is 23.5. The number of alkyl halides is 3. The molecular weight excluding hydrogens is 584 g/mol. The van der Waals surface area contributed by atoms with Crippen molar-refractivity contribution in [2.45, 2.75) is 19.6 Å². The van der Waals surface area contributed by atoms with E-state index in [1.165, 1.54) is 51.6 Å². The first-order chi connectivity index (χ1) is 21.0. The molecular formula is C31H24F4N4O5. The minimum atomic E-state index is -4.63. The van der Waals surface area contributed by atoms with Gasteiger partial charge in [-0.2, -0.15) is 13.2 Å². The quantitative estimate of drug-likeness (QED) is 0.200. The van der Waals surface area contributed by atoms with Crippen molar-refractivity contribution in [1.82, 2.24) is 14.5 Å². The molecule has 5 aromatic rings. The molecule has 0 aliphatic heterocycles. The highest BCUT2D eigenvalue weighted by Gasteiger charge is 2.30. The number of benzene rings is 2. The van der Waals surface area contributed by atoms with Crippen LogP contribution < -0.4 is 25.0 Å². The smallest absolute Gasteiger partial charge is 0.406 e. The van der Waals surface area contributed by atoms with Gasteiger partial charge >= 0.3 is 6.18 Å². The van der Waals surface area contributed by atoms with Crippen LogP contribution in [0.1, 0.15) is 16.1 Å². The molecule has 3 heterocycles. The fourth-order valence-corrected chi connectivity index (χ4v) is 4.55. The lowest BCUT2D eigenvalue weighted by atomic mass is 10.0. The van der Waals surface area contributed by atoms with Crippen LogP contribution in [0, 0.1) is 12.7 Å². The summed E-state index contributed by atoms with van der Waals surface area (Å²) >= 11 is 0. The van der Waals surface area contributed by atoms with E-state index in [0.717, 1.165) is 22.9 Å². The average molecular weight is 609 g/mol. The Morgan fingerprint density at radius 3 is 2.32 bits per heavy atom. The molecule has 13 heteroatoms. The van der Waals surface area contributed by atoms with Gasteiger partial charge in [-0.1, -0.05) is 12.1 Å². The number of carbonyl (C=O) groups is 1. The van der Waals surface area contributed by atoms with Crippen LogP contribution >= 0.6 is 0 Å². The van der Waals surface area contributed by atoms with E-state index < -0.39 is 35.4 Å². The van der Waals surface area contributed by atoms with Crippen LogP contribution in [0.25, 0.3) is 22.2 Å². The number of rotatable bonds is 8. The van der Waals surface area contributed by atoms with Gasteiger partial charge in [-0.3, -0.25) is 14.6 Å². The second kappa shape index (κ2) is 12.0. The van der Waals surface area contributed by atoms with Gasteiger partial charge in [0.2, 0.25) is 5.43 Å². The molecule has 0 radical (unpaired) electrons. The first-order valence-electron chi connectivity index (χ1n) is 13.0. The Morgan fingerprint density at radius 1 is 0.977 bits per heavy atom. The van der Waals surface area contributed by atoms with E-state index in [1.807, 2.05) is 0 Å². The van der Waals surface area contributed by atoms with Crippen molar-refractivity contribution in [1.29, 1.82) is 0 Å². The maximum Gasteiger partial charge on any atom is 0.406 e. The Hall–Kier alpha value is -5.46. The van der Waals surface area contributed by atoms with E-state index in [4.69, 9.17) is 14.2 Å². The van der Waals surface area contributed by atoms with E-state index in [2.05, 4.69) is 15.3 Å². The van der Waals surface area contributed by atoms with Crippen molar-refractivity contribution < 1.29 is 36.6 Å². The zero-order valence-corrected chi connectivity index (χ0v) is 23.5. The minimum absolute atomic E-state index is 0.0221. The lowest BCUT2D eigenvalue weighted by Crippen LogP contribution is -2.28. The maximum atomic E-state index is 13.5. The molecule has 226 valence electrons. The van der Waals surface area contributed by atoms with Crippen LogP contribution in [0.15, 0.2) is 77.9 Å². The number of amides is 1. The molecule has 3 aromatic heterocycles. The summed E-state index contributed by atoms with van der Waals surface area (Å²) in [5.41, 5.74) is -0.142. The summed E-state index contributed by atoms with van der Waals surface area (Å²) in [6, 6.07) is 14.0. The van der Waals surface area contributed by atoms with Crippen LogP contribution in [-0.2, 0) is 6.54 Å². The second-order valence-corrected chi connectivity index (χ2v) is 9.54. The van der Waals surface area contributed by atoms with Gasteiger partial charge in [0, 0.05) is 41.5 Å². The number of hydrogen-bond acceptors (Lipinski definition) is 7. The van der Waals surface area contributed by atoms with Crippen molar-refractivity contribution >= 4 is 22.6 Å². The number of aromatic nitrogens is 3. The SMILES string of the molecule is COc1cc2nccc(Oc3ccc(NC(=O)c4cn(CC(F)(F)F)c(C)c(-c5ccc(F)cc5)c4=O)cc3)c2nc1OC. The normalized spacial score (nSPS) is 11.3. The maximum absolute atomic E-state index is 13.5. The molecule has 0 aliphatic rings. The Morgan fingerprint density at radius 2 is 1.68 bits per heavy atom. The number of pyridine rings is 3.